The summed E-state index contributed by atoms with van der Waals surface area (Å²) in [5.41, 5.74) is 2.25. The van der Waals surface area contributed by atoms with Crippen molar-refractivity contribution in [2.24, 2.45) is 0 Å². The summed E-state index contributed by atoms with van der Waals surface area (Å²) in [7, 11) is 0.111. The Kier molecular flexibility index (Phi) is 5.11. The van der Waals surface area contributed by atoms with E-state index < -0.39 is 18.1 Å². The highest BCUT2D eigenvalue weighted by atomic mass is 31.2. The van der Waals surface area contributed by atoms with Crippen LogP contribution in [-0.4, -0.2) is 24.4 Å². The van der Waals surface area contributed by atoms with Crippen molar-refractivity contribution in [3.63, 3.8) is 0 Å². The summed E-state index contributed by atoms with van der Waals surface area (Å²) in [4.78, 5) is 4.48. The number of hydrogen-bond acceptors (Lipinski definition) is 5. The Labute approximate surface area is 177 Å². The molecule has 0 amide bonds. The molecule has 5 nitrogen and oxygen atoms in total. The van der Waals surface area contributed by atoms with Gasteiger partial charge >= 0.3 is 0 Å². The minimum atomic E-state index is -3.14. The van der Waals surface area contributed by atoms with Crippen LogP contribution < -0.4 is 19.5 Å². The van der Waals surface area contributed by atoms with E-state index in [9.17, 15) is 4.57 Å². The van der Waals surface area contributed by atoms with Crippen molar-refractivity contribution in [1.29, 1.82) is 0 Å². The van der Waals surface area contributed by atoms with Crippen molar-refractivity contribution in [3.05, 3.63) is 66.5 Å². The summed E-state index contributed by atoms with van der Waals surface area (Å²) >= 11 is 0. The predicted molar refractivity (Wildman–Crippen MR) is 120 cm³/mol. The number of rotatable bonds is 4. The molecule has 4 rings (SSSR count). The Bertz CT molecular complexity index is 1100. The van der Waals surface area contributed by atoms with Gasteiger partial charge in [0.05, 0.1) is 30.8 Å². The standard InChI is InChI=1S/C24H26NO4P/c1-24(2,3)30(26)22-16(21-18(27-4)12-9-13-19(21)28-5)10-8-14-20(22)29-23(30)17-11-6-7-15-25-17/h6-15,23H,1-5H3/t23-,30?/m1/s1. The number of nitrogens with zero attached hydrogens (tertiary/aromatic N) is 1. The van der Waals surface area contributed by atoms with Gasteiger partial charge in [0.25, 0.3) is 0 Å². The Morgan fingerprint density at radius 3 is 2.17 bits per heavy atom. The molecule has 156 valence electrons. The Morgan fingerprint density at radius 2 is 1.60 bits per heavy atom. The van der Waals surface area contributed by atoms with Gasteiger partial charge in [-0.15, -0.1) is 0 Å². The first kappa shape index (κ1) is 20.5. The van der Waals surface area contributed by atoms with E-state index in [0.29, 0.717) is 22.9 Å². The second-order valence-corrected chi connectivity index (χ2v) is 11.8. The zero-order valence-electron chi connectivity index (χ0n) is 17.9. The van der Waals surface area contributed by atoms with Crippen LogP contribution in [0.25, 0.3) is 11.1 Å². The van der Waals surface area contributed by atoms with Crippen molar-refractivity contribution in [2.75, 3.05) is 14.2 Å². The fraction of sp³-hybridized carbons (Fsp3) is 0.292. The molecule has 0 saturated heterocycles. The third-order valence-electron chi connectivity index (χ3n) is 5.53. The summed E-state index contributed by atoms with van der Waals surface area (Å²) < 4.78 is 32.6. The number of methoxy groups -OCH3 is 2. The van der Waals surface area contributed by atoms with E-state index in [2.05, 4.69) is 4.98 Å². The number of benzene rings is 2. The van der Waals surface area contributed by atoms with Crippen LogP contribution in [-0.2, 0) is 4.57 Å². The summed E-state index contributed by atoms with van der Waals surface area (Å²) in [5.74, 6) is 1.29. The molecule has 0 fully saturated rings. The molecule has 0 N–H and O–H groups in total. The molecule has 0 bridgehead atoms. The molecule has 3 aromatic rings. The molecule has 0 spiro atoms. The smallest absolute Gasteiger partial charge is 0.197 e. The monoisotopic (exact) mass is 423 g/mol. The lowest BCUT2D eigenvalue weighted by Gasteiger charge is -2.32. The van der Waals surface area contributed by atoms with E-state index in [1.165, 1.54) is 0 Å². The van der Waals surface area contributed by atoms with E-state index in [4.69, 9.17) is 14.2 Å². The van der Waals surface area contributed by atoms with Gasteiger partial charge in [-0.1, -0.05) is 45.0 Å². The van der Waals surface area contributed by atoms with Crippen LogP contribution in [0.15, 0.2) is 60.8 Å². The zero-order valence-corrected chi connectivity index (χ0v) is 18.8. The quantitative estimate of drug-likeness (QED) is 0.508. The first-order valence-electron chi connectivity index (χ1n) is 9.85. The molecule has 1 aliphatic rings. The van der Waals surface area contributed by atoms with Crippen LogP contribution in [0.5, 0.6) is 17.2 Å². The maximum atomic E-state index is 14.9. The van der Waals surface area contributed by atoms with Crippen LogP contribution in [0.1, 0.15) is 32.3 Å². The lowest BCUT2D eigenvalue weighted by molar-refractivity contribution is 0.286. The minimum Gasteiger partial charge on any atom is -0.496 e. The molecular weight excluding hydrogens is 397 g/mol. The normalized spacial score (nSPS) is 20.4. The van der Waals surface area contributed by atoms with Gasteiger partial charge in [0.1, 0.15) is 17.2 Å². The summed E-state index contributed by atoms with van der Waals surface area (Å²) in [6.07, 6.45) is 1.71. The average molecular weight is 423 g/mol. The molecule has 1 unspecified atom stereocenters. The maximum Gasteiger partial charge on any atom is 0.197 e. The van der Waals surface area contributed by atoms with Gasteiger partial charge in [0.2, 0.25) is 0 Å². The number of aromatic nitrogens is 1. The Hall–Kier alpha value is -2.78. The lowest BCUT2D eigenvalue weighted by atomic mass is 10.0. The van der Waals surface area contributed by atoms with Crippen LogP contribution in [0.4, 0.5) is 0 Å². The van der Waals surface area contributed by atoms with E-state index in [1.54, 1.807) is 20.4 Å². The van der Waals surface area contributed by atoms with Crippen molar-refractivity contribution >= 4 is 12.4 Å². The molecule has 1 aromatic heterocycles. The Balaban J connectivity index is 2.04. The average Bonchev–Trinajstić information content (AvgIpc) is 3.08. The molecule has 0 radical (unpaired) electrons. The first-order valence-corrected chi connectivity index (χ1v) is 11.6. The topological polar surface area (TPSA) is 57.7 Å². The molecule has 2 atom stereocenters. The van der Waals surface area contributed by atoms with Crippen LogP contribution >= 0.6 is 7.14 Å². The summed E-state index contributed by atoms with van der Waals surface area (Å²) in [6.45, 7) is 6.00. The minimum absolute atomic E-state index is 0.550. The van der Waals surface area contributed by atoms with Crippen molar-refractivity contribution in [2.45, 2.75) is 31.8 Å². The first-order chi connectivity index (χ1) is 14.3. The number of hydrogen-bond donors (Lipinski definition) is 0. The van der Waals surface area contributed by atoms with Crippen molar-refractivity contribution in [1.82, 2.24) is 4.98 Å². The molecule has 6 heteroatoms. The van der Waals surface area contributed by atoms with Gasteiger partial charge in [0.15, 0.2) is 13.0 Å². The Morgan fingerprint density at radius 1 is 0.933 bits per heavy atom. The van der Waals surface area contributed by atoms with Crippen LogP contribution in [0, 0.1) is 0 Å². The van der Waals surface area contributed by atoms with Crippen LogP contribution in [0.3, 0.4) is 0 Å². The third-order valence-corrected chi connectivity index (χ3v) is 9.68. The fourth-order valence-electron chi connectivity index (χ4n) is 4.05. The van der Waals surface area contributed by atoms with Gasteiger partial charge in [-0.05, 0) is 30.3 Å². The molecule has 2 aromatic carbocycles. The summed E-state index contributed by atoms with van der Waals surface area (Å²) in [5, 5.41) is 0.169. The van der Waals surface area contributed by atoms with Gasteiger partial charge in [0, 0.05) is 16.9 Å². The molecular formula is C24H26NO4P. The number of ether oxygens (including phenoxy) is 3. The second kappa shape index (κ2) is 7.48. The molecule has 30 heavy (non-hydrogen) atoms. The maximum absolute atomic E-state index is 14.9. The highest BCUT2D eigenvalue weighted by Gasteiger charge is 2.55. The molecule has 2 heterocycles. The lowest BCUT2D eigenvalue weighted by Crippen LogP contribution is -2.25. The van der Waals surface area contributed by atoms with Gasteiger partial charge in [-0.2, -0.15) is 0 Å². The van der Waals surface area contributed by atoms with Gasteiger partial charge in [-0.3, -0.25) is 4.98 Å². The largest absolute Gasteiger partial charge is 0.496 e. The highest BCUT2D eigenvalue weighted by molar-refractivity contribution is 7.74. The fourth-order valence-corrected chi connectivity index (χ4v) is 7.44. The van der Waals surface area contributed by atoms with E-state index in [0.717, 1.165) is 16.4 Å². The number of pyridine rings is 1. The summed E-state index contributed by atoms with van der Waals surface area (Å²) in [6, 6.07) is 17.0. The molecule has 1 aliphatic heterocycles. The van der Waals surface area contributed by atoms with E-state index in [1.807, 2.05) is 75.4 Å². The molecule has 0 saturated carbocycles. The van der Waals surface area contributed by atoms with Gasteiger partial charge < -0.3 is 18.8 Å². The number of fused-ring (bicyclic) bond motifs is 1. The van der Waals surface area contributed by atoms with E-state index >= 15 is 0 Å². The SMILES string of the molecule is COc1cccc(OC)c1-c1cccc2c1P(=O)(C(C)(C)C)[C@H](c1ccccn1)O2. The predicted octanol–water partition coefficient (Wildman–Crippen LogP) is 5.64. The van der Waals surface area contributed by atoms with Crippen molar-refractivity contribution in [3.8, 4) is 28.4 Å². The third kappa shape index (κ3) is 3.00. The zero-order chi connectivity index (χ0) is 21.5. The highest BCUT2D eigenvalue weighted by Crippen LogP contribution is 2.72. The van der Waals surface area contributed by atoms with E-state index in [-0.39, 0.29) is 0 Å². The van der Waals surface area contributed by atoms with Gasteiger partial charge in [-0.25, -0.2) is 0 Å². The molecule has 0 aliphatic carbocycles. The second-order valence-electron chi connectivity index (χ2n) is 8.24. The van der Waals surface area contributed by atoms with Crippen LogP contribution in [0.2, 0.25) is 0 Å². The van der Waals surface area contributed by atoms with Crippen molar-refractivity contribution < 1.29 is 18.8 Å².